The summed E-state index contributed by atoms with van der Waals surface area (Å²) >= 11 is 0. The SMILES string of the molecule is CC.CCC(C)(C)N1CCN(C)CC1. The van der Waals surface area contributed by atoms with Crippen molar-refractivity contribution in [2.24, 2.45) is 0 Å². The van der Waals surface area contributed by atoms with Crippen molar-refractivity contribution in [3.63, 3.8) is 0 Å². The van der Waals surface area contributed by atoms with Crippen LogP contribution in [0, 0.1) is 0 Å². The predicted molar refractivity (Wildman–Crippen MR) is 64.8 cm³/mol. The Morgan fingerprint density at radius 3 is 1.79 bits per heavy atom. The van der Waals surface area contributed by atoms with Gasteiger partial charge >= 0.3 is 0 Å². The number of piperazine rings is 1. The Hall–Kier alpha value is -0.0800. The summed E-state index contributed by atoms with van der Waals surface area (Å²) in [6, 6.07) is 0. The third-order valence-corrected chi connectivity index (χ3v) is 3.22. The molecular weight excluding hydrogens is 172 g/mol. The van der Waals surface area contributed by atoms with Gasteiger partial charge in [0.1, 0.15) is 0 Å². The zero-order valence-electron chi connectivity index (χ0n) is 10.9. The summed E-state index contributed by atoms with van der Waals surface area (Å²) in [4.78, 5) is 5.01. The summed E-state index contributed by atoms with van der Waals surface area (Å²) < 4.78 is 0. The first-order valence-corrected chi connectivity index (χ1v) is 6.00. The van der Waals surface area contributed by atoms with Gasteiger partial charge in [-0.05, 0) is 27.3 Å². The maximum atomic E-state index is 2.60. The van der Waals surface area contributed by atoms with E-state index in [0.717, 1.165) is 0 Å². The lowest BCUT2D eigenvalue weighted by molar-refractivity contribution is 0.0598. The fourth-order valence-electron chi connectivity index (χ4n) is 1.64. The summed E-state index contributed by atoms with van der Waals surface area (Å²) in [7, 11) is 2.20. The molecule has 0 radical (unpaired) electrons. The summed E-state index contributed by atoms with van der Waals surface area (Å²) in [6.45, 7) is 15.9. The van der Waals surface area contributed by atoms with Gasteiger partial charge in [0.2, 0.25) is 0 Å². The van der Waals surface area contributed by atoms with Gasteiger partial charge in [0.15, 0.2) is 0 Å². The Kier molecular flexibility index (Phi) is 6.38. The second-order valence-corrected chi connectivity index (χ2v) is 4.46. The van der Waals surface area contributed by atoms with E-state index in [2.05, 4.69) is 37.6 Å². The first-order valence-electron chi connectivity index (χ1n) is 6.00. The molecule has 0 aromatic heterocycles. The molecule has 86 valence electrons. The molecule has 1 aliphatic rings. The van der Waals surface area contributed by atoms with E-state index in [1.807, 2.05) is 13.8 Å². The molecule has 1 saturated heterocycles. The Labute approximate surface area is 90.3 Å². The van der Waals surface area contributed by atoms with E-state index < -0.39 is 0 Å². The summed E-state index contributed by atoms with van der Waals surface area (Å²) in [6.07, 6.45) is 1.25. The number of likely N-dealkylation sites (N-methyl/N-ethyl adjacent to an activating group) is 1. The highest BCUT2D eigenvalue weighted by Gasteiger charge is 2.26. The number of nitrogens with zero attached hydrogens (tertiary/aromatic N) is 2. The zero-order valence-corrected chi connectivity index (χ0v) is 10.9. The molecule has 0 bridgehead atoms. The number of hydrogen-bond donors (Lipinski definition) is 0. The minimum absolute atomic E-state index is 0.404. The van der Waals surface area contributed by atoms with Crippen molar-refractivity contribution >= 4 is 0 Å². The molecule has 0 aromatic rings. The lowest BCUT2D eigenvalue weighted by Crippen LogP contribution is -2.53. The molecule has 0 saturated carbocycles. The van der Waals surface area contributed by atoms with Crippen LogP contribution in [0.2, 0.25) is 0 Å². The molecule has 0 aliphatic carbocycles. The topological polar surface area (TPSA) is 6.48 Å². The Morgan fingerprint density at radius 1 is 1.00 bits per heavy atom. The highest BCUT2D eigenvalue weighted by atomic mass is 15.3. The molecule has 1 aliphatic heterocycles. The van der Waals surface area contributed by atoms with Gasteiger partial charge in [-0.3, -0.25) is 4.90 Å². The standard InChI is InChI=1S/C10H22N2.C2H6/c1-5-10(2,3)12-8-6-11(4)7-9-12;1-2/h5-9H2,1-4H3;1-2H3. The fourth-order valence-corrected chi connectivity index (χ4v) is 1.64. The van der Waals surface area contributed by atoms with Crippen LogP contribution in [0.4, 0.5) is 0 Å². The van der Waals surface area contributed by atoms with Crippen LogP contribution in [0.5, 0.6) is 0 Å². The van der Waals surface area contributed by atoms with E-state index in [1.165, 1.54) is 32.6 Å². The summed E-state index contributed by atoms with van der Waals surface area (Å²) in [5.41, 5.74) is 0.404. The Bertz CT molecular complexity index is 135. The first kappa shape index (κ1) is 13.9. The van der Waals surface area contributed by atoms with Crippen molar-refractivity contribution in [3.8, 4) is 0 Å². The van der Waals surface area contributed by atoms with E-state index in [0.29, 0.717) is 5.54 Å². The van der Waals surface area contributed by atoms with Gasteiger partial charge in [0.25, 0.3) is 0 Å². The van der Waals surface area contributed by atoms with Crippen molar-refractivity contribution < 1.29 is 0 Å². The highest BCUT2D eigenvalue weighted by Crippen LogP contribution is 2.19. The van der Waals surface area contributed by atoms with Gasteiger partial charge < -0.3 is 4.90 Å². The Morgan fingerprint density at radius 2 is 1.43 bits per heavy atom. The van der Waals surface area contributed by atoms with Gasteiger partial charge in [-0.2, -0.15) is 0 Å². The minimum Gasteiger partial charge on any atom is -0.304 e. The number of hydrogen-bond acceptors (Lipinski definition) is 2. The maximum absolute atomic E-state index is 2.60. The Balaban J connectivity index is 0.000000791. The van der Waals surface area contributed by atoms with Gasteiger partial charge in [-0.15, -0.1) is 0 Å². The normalized spacial score (nSPS) is 20.1. The van der Waals surface area contributed by atoms with Gasteiger partial charge in [0.05, 0.1) is 0 Å². The van der Waals surface area contributed by atoms with Crippen LogP contribution in [-0.2, 0) is 0 Å². The molecule has 0 aromatic carbocycles. The molecule has 2 nitrogen and oxygen atoms in total. The van der Waals surface area contributed by atoms with Crippen LogP contribution in [-0.4, -0.2) is 48.6 Å². The monoisotopic (exact) mass is 200 g/mol. The van der Waals surface area contributed by atoms with Gasteiger partial charge in [0, 0.05) is 31.7 Å². The molecule has 14 heavy (non-hydrogen) atoms. The lowest BCUT2D eigenvalue weighted by Gasteiger charge is -2.42. The van der Waals surface area contributed by atoms with Gasteiger partial charge in [-0.25, -0.2) is 0 Å². The second kappa shape index (κ2) is 6.41. The minimum atomic E-state index is 0.404. The summed E-state index contributed by atoms with van der Waals surface area (Å²) in [5.74, 6) is 0. The zero-order chi connectivity index (χ0) is 11.2. The van der Waals surface area contributed by atoms with E-state index >= 15 is 0 Å². The van der Waals surface area contributed by atoms with Crippen molar-refractivity contribution in [1.29, 1.82) is 0 Å². The maximum Gasteiger partial charge on any atom is 0.0151 e. The smallest absolute Gasteiger partial charge is 0.0151 e. The molecule has 0 spiro atoms. The van der Waals surface area contributed by atoms with E-state index in [4.69, 9.17) is 0 Å². The second-order valence-electron chi connectivity index (χ2n) is 4.46. The highest BCUT2D eigenvalue weighted by molar-refractivity contribution is 4.83. The third-order valence-electron chi connectivity index (χ3n) is 3.22. The first-order chi connectivity index (χ1) is 6.56. The van der Waals surface area contributed by atoms with Crippen LogP contribution in [0.3, 0.4) is 0 Å². The summed E-state index contributed by atoms with van der Waals surface area (Å²) in [5, 5.41) is 0. The molecular formula is C12H28N2. The molecule has 2 heteroatoms. The average molecular weight is 200 g/mol. The van der Waals surface area contributed by atoms with Crippen molar-refractivity contribution in [2.45, 2.75) is 46.6 Å². The lowest BCUT2D eigenvalue weighted by atomic mass is 9.98. The fraction of sp³-hybridized carbons (Fsp3) is 1.00. The molecule has 1 rings (SSSR count). The van der Waals surface area contributed by atoms with E-state index in [1.54, 1.807) is 0 Å². The molecule has 1 fully saturated rings. The van der Waals surface area contributed by atoms with Gasteiger partial charge in [-0.1, -0.05) is 20.8 Å². The molecule has 0 unspecified atom stereocenters. The van der Waals surface area contributed by atoms with E-state index in [-0.39, 0.29) is 0 Å². The number of rotatable bonds is 2. The average Bonchev–Trinajstić information content (AvgIpc) is 2.21. The van der Waals surface area contributed by atoms with Crippen molar-refractivity contribution in [1.82, 2.24) is 9.80 Å². The third kappa shape index (κ3) is 3.97. The van der Waals surface area contributed by atoms with Crippen molar-refractivity contribution in [2.75, 3.05) is 33.2 Å². The van der Waals surface area contributed by atoms with Crippen LogP contribution in [0.25, 0.3) is 0 Å². The molecule has 0 atom stereocenters. The van der Waals surface area contributed by atoms with Crippen LogP contribution < -0.4 is 0 Å². The van der Waals surface area contributed by atoms with E-state index in [9.17, 15) is 0 Å². The quantitative estimate of drug-likeness (QED) is 0.675. The van der Waals surface area contributed by atoms with Crippen LogP contribution in [0.1, 0.15) is 41.0 Å². The molecule has 0 N–H and O–H groups in total. The largest absolute Gasteiger partial charge is 0.304 e. The molecule has 1 heterocycles. The van der Waals surface area contributed by atoms with Crippen LogP contribution in [0.15, 0.2) is 0 Å². The van der Waals surface area contributed by atoms with Crippen LogP contribution >= 0.6 is 0 Å². The predicted octanol–water partition coefficient (Wildman–Crippen LogP) is 2.45. The molecule has 0 amide bonds. The van der Waals surface area contributed by atoms with Crippen molar-refractivity contribution in [3.05, 3.63) is 0 Å².